The molecule has 0 unspecified atom stereocenters. The molecule has 0 saturated heterocycles. The molecule has 1 aromatic carbocycles. The first-order valence-corrected chi connectivity index (χ1v) is 7.95. The molecule has 0 bridgehead atoms. The highest BCUT2D eigenvalue weighted by Crippen LogP contribution is 2.05. The van der Waals surface area contributed by atoms with E-state index in [9.17, 15) is 18.3 Å². The van der Waals surface area contributed by atoms with E-state index < -0.39 is 22.0 Å². The van der Waals surface area contributed by atoms with Gasteiger partial charge in [-0.05, 0) is 18.4 Å². The first kappa shape index (κ1) is 16.6. The second-order valence-corrected chi connectivity index (χ2v) is 6.38. The van der Waals surface area contributed by atoms with E-state index in [2.05, 4.69) is 4.72 Å². The van der Waals surface area contributed by atoms with Gasteiger partial charge in [0.2, 0.25) is 10.0 Å². The van der Waals surface area contributed by atoms with E-state index >= 15 is 0 Å². The monoisotopic (exact) mass is 301 g/mol. The fourth-order valence-electron chi connectivity index (χ4n) is 1.77. The number of nitrogens with one attached hydrogen (secondary N) is 1. The third-order valence-corrected chi connectivity index (χ3v) is 4.21. The lowest BCUT2D eigenvalue weighted by Crippen LogP contribution is -2.40. The predicted molar refractivity (Wildman–Crippen MR) is 74.8 cm³/mol. The summed E-state index contributed by atoms with van der Waals surface area (Å²) in [6.07, 6.45) is 0.243. The highest BCUT2D eigenvalue weighted by atomic mass is 32.2. The highest BCUT2D eigenvalue weighted by Gasteiger charge is 2.17. The fourth-order valence-corrected chi connectivity index (χ4v) is 3.08. The number of carboxylic acids is 1. The summed E-state index contributed by atoms with van der Waals surface area (Å²) in [5, 5.41) is 17.7. The summed E-state index contributed by atoms with van der Waals surface area (Å²) in [4.78, 5) is 10.3. The quantitative estimate of drug-likeness (QED) is 0.611. The van der Waals surface area contributed by atoms with Crippen molar-refractivity contribution in [3.63, 3.8) is 0 Å². The zero-order valence-electron chi connectivity index (χ0n) is 11.0. The molecule has 0 heterocycles. The van der Waals surface area contributed by atoms with Crippen molar-refractivity contribution < 1.29 is 23.4 Å². The van der Waals surface area contributed by atoms with Gasteiger partial charge in [-0.2, -0.15) is 0 Å². The van der Waals surface area contributed by atoms with E-state index in [1.165, 1.54) is 0 Å². The molecule has 0 saturated carbocycles. The second kappa shape index (κ2) is 7.98. The van der Waals surface area contributed by atoms with Crippen LogP contribution in [0.5, 0.6) is 0 Å². The lowest BCUT2D eigenvalue weighted by molar-refractivity contribution is -0.137. The molecule has 0 aliphatic heterocycles. The summed E-state index contributed by atoms with van der Waals surface area (Å²) in [5.41, 5.74) is 0.916. The fraction of sp³-hybridized carbons (Fsp3) is 0.462. The highest BCUT2D eigenvalue weighted by molar-refractivity contribution is 7.89. The summed E-state index contributed by atoms with van der Waals surface area (Å²) in [7, 11) is -3.58. The van der Waals surface area contributed by atoms with E-state index in [4.69, 9.17) is 5.11 Å². The van der Waals surface area contributed by atoms with Crippen molar-refractivity contribution in [3.8, 4) is 0 Å². The van der Waals surface area contributed by atoms with E-state index in [0.29, 0.717) is 6.42 Å². The van der Waals surface area contributed by atoms with Crippen LogP contribution < -0.4 is 4.72 Å². The Hall–Kier alpha value is -1.44. The zero-order valence-corrected chi connectivity index (χ0v) is 11.8. The van der Waals surface area contributed by atoms with Gasteiger partial charge in [0, 0.05) is 12.5 Å². The molecule has 3 N–H and O–H groups in total. The van der Waals surface area contributed by atoms with Crippen LogP contribution in [-0.4, -0.2) is 43.0 Å². The van der Waals surface area contributed by atoms with E-state index in [1.807, 2.05) is 30.3 Å². The molecule has 0 aliphatic carbocycles. The Morgan fingerprint density at radius 1 is 1.25 bits per heavy atom. The Morgan fingerprint density at radius 3 is 2.45 bits per heavy atom. The van der Waals surface area contributed by atoms with Crippen molar-refractivity contribution in [2.75, 3.05) is 12.4 Å². The molecular formula is C13H19NO5S. The number of aliphatic carboxylic acids is 1. The summed E-state index contributed by atoms with van der Waals surface area (Å²) in [6, 6.07) is 8.62. The maximum Gasteiger partial charge on any atom is 0.303 e. The van der Waals surface area contributed by atoms with Gasteiger partial charge in [0.25, 0.3) is 0 Å². The smallest absolute Gasteiger partial charge is 0.303 e. The van der Waals surface area contributed by atoms with E-state index in [1.54, 1.807) is 0 Å². The van der Waals surface area contributed by atoms with Crippen molar-refractivity contribution in [2.45, 2.75) is 25.3 Å². The second-order valence-electron chi connectivity index (χ2n) is 4.50. The standard InChI is InChI=1S/C13H19NO5S/c15-10-12(9-11-5-2-1-3-6-11)14-20(18,19)8-4-7-13(16)17/h1-3,5-6,12,14-15H,4,7-10H2,(H,16,17)/t12-/m0/s1. The number of rotatable bonds is 9. The minimum absolute atomic E-state index is 0.0498. The average Bonchev–Trinajstić information content (AvgIpc) is 2.38. The number of aliphatic hydroxyl groups excluding tert-OH is 1. The van der Waals surface area contributed by atoms with Crippen LogP contribution in [0.1, 0.15) is 18.4 Å². The summed E-state index contributed by atoms with van der Waals surface area (Å²) in [6.45, 7) is -0.312. The average molecular weight is 301 g/mol. The van der Waals surface area contributed by atoms with Crippen LogP contribution in [0.2, 0.25) is 0 Å². The number of benzene rings is 1. The van der Waals surface area contributed by atoms with E-state index in [-0.39, 0.29) is 25.2 Å². The topological polar surface area (TPSA) is 104 Å². The van der Waals surface area contributed by atoms with Crippen LogP contribution in [0.25, 0.3) is 0 Å². The molecule has 6 nitrogen and oxygen atoms in total. The van der Waals surface area contributed by atoms with Crippen molar-refractivity contribution >= 4 is 16.0 Å². The van der Waals surface area contributed by atoms with Crippen molar-refractivity contribution in [1.29, 1.82) is 0 Å². The van der Waals surface area contributed by atoms with Crippen LogP contribution in [0, 0.1) is 0 Å². The third-order valence-electron chi connectivity index (χ3n) is 2.70. The predicted octanol–water partition coefficient (Wildman–Crippen LogP) is 0.374. The largest absolute Gasteiger partial charge is 0.481 e. The van der Waals surface area contributed by atoms with Gasteiger partial charge in [0.1, 0.15) is 0 Å². The maximum absolute atomic E-state index is 11.8. The van der Waals surface area contributed by atoms with E-state index in [0.717, 1.165) is 5.56 Å². The van der Waals surface area contributed by atoms with Gasteiger partial charge < -0.3 is 10.2 Å². The third kappa shape index (κ3) is 6.65. The SMILES string of the molecule is O=C(O)CCCS(=O)(=O)N[C@H](CO)Cc1ccccc1. The lowest BCUT2D eigenvalue weighted by Gasteiger charge is -2.16. The van der Waals surface area contributed by atoms with Gasteiger partial charge >= 0.3 is 5.97 Å². The van der Waals surface area contributed by atoms with Gasteiger partial charge in [-0.1, -0.05) is 30.3 Å². The number of carbonyl (C=O) groups is 1. The minimum Gasteiger partial charge on any atom is -0.481 e. The molecule has 0 aromatic heterocycles. The number of aliphatic hydroxyl groups is 1. The summed E-state index contributed by atoms with van der Waals surface area (Å²) in [5.74, 6) is -1.28. The molecule has 0 aliphatic rings. The molecule has 0 radical (unpaired) electrons. The van der Waals surface area contributed by atoms with Gasteiger partial charge in [-0.25, -0.2) is 13.1 Å². The molecule has 0 spiro atoms. The van der Waals surface area contributed by atoms with Crippen LogP contribution in [0.4, 0.5) is 0 Å². The maximum atomic E-state index is 11.8. The first-order valence-electron chi connectivity index (χ1n) is 6.29. The molecular weight excluding hydrogens is 282 g/mol. The molecule has 7 heteroatoms. The van der Waals surface area contributed by atoms with Crippen molar-refractivity contribution in [1.82, 2.24) is 4.72 Å². The van der Waals surface area contributed by atoms with Gasteiger partial charge in [0.15, 0.2) is 0 Å². The molecule has 1 atom stereocenters. The summed E-state index contributed by atoms with van der Waals surface area (Å²) < 4.78 is 25.9. The lowest BCUT2D eigenvalue weighted by atomic mass is 10.1. The molecule has 20 heavy (non-hydrogen) atoms. The molecule has 1 aromatic rings. The Morgan fingerprint density at radius 2 is 1.90 bits per heavy atom. The molecule has 112 valence electrons. The normalized spacial score (nSPS) is 13.1. The number of hydrogen-bond donors (Lipinski definition) is 3. The van der Waals surface area contributed by atoms with Crippen molar-refractivity contribution in [3.05, 3.63) is 35.9 Å². The minimum atomic E-state index is -3.58. The zero-order chi connectivity index (χ0) is 15.0. The Bertz CT molecular complexity index is 515. The van der Waals surface area contributed by atoms with Gasteiger partial charge in [-0.3, -0.25) is 4.79 Å². The molecule has 1 rings (SSSR count). The number of carboxylic acid groups (broad SMARTS) is 1. The summed E-state index contributed by atoms with van der Waals surface area (Å²) >= 11 is 0. The van der Waals surface area contributed by atoms with Crippen molar-refractivity contribution in [2.24, 2.45) is 0 Å². The Kier molecular flexibility index (Phi) is 6.63. The molecule has 0 amide bonds. The Labute approximate surface area is 118 Å². The van der Waals surface area contributed by atoms with Crippen LogP contribution >= 0.6 is 0 Å². The van der Waals surface area contributed by atoms with Crippen LogP contribution in [0.3, 0.4) is 0 Å². The molecule has 0 fully saturated rings. The van der Waals surface area contributed by atoms with Gasteiger partial charge in [0.05, 0.1) is 12.4 Å². The van der Waals surface area contributed by atoms with Gasteiger partial charge in [-0.15, -0.1) is 0 Å². The van der Waals surface area contributed by atoms with Crippen LogP contribution in [-0.2, 0) is 21.2 Å². The number of sulfonamides is 1. The first-order chi connectivity index (χ1) is 9.43. The Balaban J connectivity index is 2.52. The number of hydrogen-bond acceptors (Lipinski definition) is 4. The van der Waals surface area contributed by atoms with Crippen LogP contribution in [0.15, 0.2) is 30.3 Å².